The molecule has 0 aromatic carbocycles. The van der Waals surface area contributed by atoms with Crippen LogP contribution in [0.15, 0.2) is 0 Å². The number of terminal acetylenes is 1. The van der Waals surface area contributed by atoms with E-state index < -0.39 is 0 Å². The van der Waals surface area contributed by atoms with Crippen molar-refractivity contribution in [1.82, 2.24) is 10.2 Å². The fraction of sp³-hybridized carbons (Fsp3) is 0.833. The van der Waals surface area contributed by atoms with Gasteiger partial charge in [0.25, 0.3) is 0 Å². The second-order valence-electron chi connectivity index (χ2n) is 4.58. The lowest BCUT2D eigenvalue weighted by atomic mass is 9.93. The number of hydrogen-bond donors (Lipinski definition) is 1. The average Bonchev–Trinajstić information content (AvgIpc) is 2.20. The summed E-state index contributed by atoms with van der Waals surface area (Å²) in [6.07, 6.45) is 6.66. The molecule has 0 amide bonds. The van der Waals surface area contributed by atoms with Crippen LogP contribution in [0.25, 0.3) is 0 Å². The molecule has 0 aromatic rings. The number of rotatable bonds is 2. The molecule has 1 N–H and O–H groups in total. The summed E-state index contributed by atoms with van der Waals surface area (Å²) in [5.74, 6) is 2.95. The van der Waals surface area contributed by atoms with Crippen LogP contribution in [0, 0.1) is 12.3 Å². The lowest BCUT2D eigenvalue weighted by molar-refractivity contribution is 0.0631. The Labute approximate surface area is 88.1 Å². The maximum Gasteiger partial charge on any atom is 0.0795 e. The third-order valence-corrected chi connectivity index (χ3v) is 3.40. The standard InChI is InChI=1S/C12H22N2/c1-6-12(5,7-2)14-9-10(3)13-8-11(14)4/h1,10-11,13H,7-9H2,2-5H3. The van der Waals surface area contributed by atoms with Gasteiger partial charge in [0, 0.05) is 25.2 Å². The molecule has 1 aliphatic heterocycles. The van der Waals surface area contributed by atoms with Gasteiger partial charge in [-0.25, -0.2) is 0 Å². The second kappa shape index (κ2) is 4.33. The zero-order valence-electron chi connectivity index (χ0n) is 9.80. The highest BCUT2D eigenvalue weighted by molar-refractivity contribution is 5.12. The van der Waals surface area contributed by atoms with Crippen molar-refractivity contribution in [1.29, 1.82) is 0 Å². The zero-order chi connectivity index (χ0) is 10.8. The minimum Gasteiger partial charge on any atom is -0.311 e. The molecule has 2 nitrogen and oxygen atoms in total. The molecule has 1 saturated heterocycles. The SMILES string of the molecule is C#CC(C)(CC)N1CC(C)NCC1C. The Morgan fingerprint density at radius 2 is 2.21 bits per heavy atom. The largest absolute Gasteiger partial charge is 0.311 e. The Kier molecular flexibility index (Phi) is 3.58. The molecule has 1 heterocycles. The highest BCUT2D eigenvalue weighted by atomic mass is 15.3. The quantitative estimate of drug-likeness (QED) is 0.670. The summed E-state index contributed by atoms with van der Waals surface area (Å²) in [5, 5.41) is 3.47. The van der Waals surface area contributed by atoms with Crippen LogP contribution in [0.1, 0.15) is 34.1 Å². The van der Waals surface area contributed by atoms with Crippen LogP contribution in [-0.4, -0.2) is 35.6 Å². The number of nitrogens with zero attached hydrogens (tertiary/aromatic N) is 1. The number of hydrogen-bond acceptors (Lipinski definition) is 2. The maximum absolute atomic E-state index is 5.64. The monoisotopic (exact) mass is 194 g/mol. The molecule has 14 heavy (non-hydrogen) atoms. The zero-order valence-corrected chi connectivity index (χ0v) is 9.80. The highest BCUT2D eigenvalue weighted by Gasteiger charge is 2.34. The molecule has 0 bridgehead atoms. The smallest absolute Gasteiger partial charge is 0.0795 e. The van der Waals surface area contributed by atoms with E-state index in [9.17, 15) is 0 Å². The van der Waals surface area contributed by atoms with E-state index in [2.05, 4.69) is 43.8 Å². The summed E-state index contributed by atoms with van der Waals surface area (Å²) in [4.78, 5) is 2.45. The summed E-state index contributed by atoms with van der Waals surface area (Å²) >= 11 is 0. The van der Waals surface area contributed by atoms with E-state index >= 15 is 0 Å². The number of piperazine rings is 1. The van der Waals surface area contributed by atoms with E-state index in [4.69, 9.17) is 6.42 Å². The highest BCUT2D eigenvalue weighted by Crippen LogP contribution is 2.23. The van der Waals surface area contributed by atoms with Gasteiger partial charge in [-0.05, 0) is 27.2 Å². The molecule has 3 atom stereocenters. The van der Waals surface area contributed by atoms with Crippen LogP contribution in [0.4, 0.5) is 0 Å². The number of nitrogens with one attached hydrogen (secondary N) is 1. The Balaban J connectivity index is 2.78. The third kappa shape index (κ3) is 2.10. The average molecular weight is 194 g/mol. The van der Waals surface area contributed by atoms with E-state index in [0.717, 1.165) is 19.5 Å². The van der Waals surface area contributed by atoms with Gasteiger partial charge in [0.05, 0.1) is 5.54 Å². The van der Waals surface area contributed by atoms with Crippen molar-refractivity contribution in [3.05, 3.63) is 0 Å². The molecule has 1 aliphatic rings. The molecule has 0 spiro atoms. The first kappa shape index (κ1) is 11.6. The van der Waals surface area contributed by atoms with Crippen LogP contribution in [0.2, 0.25) is 0 Å². The Hall–Kier alpha value is -0.520. The van der Waals surface area contributed by atoms with Gasteiger partial charge in [0.15, 0.2) is 0 Å². The first-order chi connectivity index (χ1) is 6.53. The normalized spacial score (nSPS) is 33.4. The lowest BCUT2D eigenvalue weighted by Crippen LogP contribution is -2.61. The van der Waals surface area contributed by atoms with E-state index in [-0.39, 0.29) is 5.54 Å². The van der Waals surface area contributed by atoms with E-state index in [0.29, 0.717) is 12.1 Å². The maximum atomic E-state index is 5.64. The first-order valence-electron chi connectivity index (χ1n) is 5.51. The summed E-state index contributed by atoms with van der Waals surface area (Å²) in [6, 6.07) is 1.08. The van der Waals surface area contributed by atoms with E-state index in [1.165, 1.54) is 0 Å². The molecule has 1 fully saturated rings. The lowest BCUT2D eigenvalue weighted by Gasteiger charge is -2.46. The second-order valence-corrected chi connectivity index (χ2v) is 4.58. The summed E-state index contributed by atoms with van der Waals surface area (Å²) in [5.41, 5.74) is -0.0736. The molecule has 0 aliphatic carbocycles. The summed E-state index contributed by atoms with van der Waals surface area (Å²) in [6.45, 7) is 10.9. The van der Waals surface area contributed by atoms with Gasteiger partial charge in [0.2, 0.25) is 0 Å². The Morgan fingerprint density at radius 3 is 2.71 bits per heavy atom. The van der Waals surface area contributed by atoms with Crippen LogP contribution < -0.4 is 5.32 Å². The van der Waals surface area contributed by atoms with Crippen molar-refractivity contribution in [2.45, 2.75) is 51.7 Å². The molecule has 0 saturated carbocycles. The van der Waals surface area contributed by atoms with E-state index in [1.54, 1.807) is 0 Å². The Morgan fingerprint density at radius 1 is 1.57 bits per heavy atom. The topological polar surface area (TPSA) is 15.3 Å². The van der Waals surface area contributed by atoms with Gasteiger partial charge < -0.3 is 5.32 Å². The van der Waals surface area contributed by atoms with Crippen molar-refractivity contribution >= 4 is 0 Å². The molecule has 3 unspecified atom stereocenters. The van der Waals surface area contributed by atoms with Crippen molar-refractivity contribution in [3.8, 4) is 12.3 Å². The van der Waals surface area contributed by atoms with Crippen LogP contribution in [0.3, 0.4) is 0 Å². The van der Waals surface area contributed by atoms with Crippen LogP contribution in [0.5, 0.6) is 0 Å². The van der Waals surface area contributed by atoms with Gasteiger partial charge in [-0.3, -0.25) is 4.90 Å². The van der Waals surface area contributed by atoms with Crippen molar-refractivity contribution in [2.24, 2.45) is 0 Å². The first-order valence-corrected chi connectivity index (χ1v) is 5.51. The summed E-state index contributed by atoms with van der Waals surface area (Å²) < 4.78 is 0. The fourth-order valence-corrected chi connectivity index (χ4v) is 2.10. The summed E-state index contributed by atoms with van der Waals surface area (Å²) in [7, 11) is 0. The third-order valence-electron chi connectivity index (χ3n) is 3.40. The fourth-order valence-electron chi connectivity index (χ4n) is 2.10. The minimum atomic E-state index is -0.0736. The minimum absolute atomic E-state index is 0.0736. The van der Waals surface area contributed by atoms with Crippen LogP contribution >= 0.6 is 0 Å². The molecule has 0 aromatic heterocycles. The predicted molar refractivity (Wildman–Crippen MR) is 61.2 cm³/mol. The molecule has 80 valence electrons. The Bertz CT molecular complexity index is 231. The molecular formula is C12H22N2. The molecule has 0 radical (unpaired) electrons. The van der Waals surface area contributed by atoms with Crippen molar-refractivity contribution < 1.29 is 0 Å². The van der Waals surface area contributed by atoms with Gasteiger partial charge >= 0.3 is 0 Å². The van der Waals surface area contributed by atoms with Gasteiger partial charge in [-0.15, -0.1) is 6.42 Å². The van der Waals surface area contributed by atoms with Gasteiger partial charge in [-0.2, -0.15) is 0 Å². The molecule has 1 rings (SSSR count). The predicted octanol–water partition coefficient (Wildman–Crippen LogP) is 1.47. The van der Waals surface area contributed by atoms with Crippen molar-refractivity contribution in [2.75, 3.05) is 13.1 Å². The van der Waals surface area contributed by atoms with Gasteiger partial charge in [0.1, 0.15) is 0 Å². The van der Waals surface area contributed by atoms with Crippen LogP contribution in [-0.2, 0) is 0 Å². The molecule has 2 heteroatoms. The van der Waals surface area contributed by atoms with E-state index in [1.807, 2.05) is 0 Å². The van der Waals surface area contributed by atoms with Gasteiger partial charge in [-0.1, -0.05) is 12.8 Å². The van der Waals surface area contributed by atoms with Crippen molar-refractivity contribution in [3.63, 3.8) is 0 Å². The molecular weight excluding hydrogens is 172 g/mol.